The number of carbonyl (C=O) groups excluding carboxylic acids is 2. The Balaban J connectivity index is 2.07. The fraction of sp³-hybridized carbons (Fsp3) is 0.125. The van der Waals surface area contributed by atoms with Crippen LogP contribution in [0.25, 0.3) is 0 Å². The highest BCUT2D eigenvalue weighted by atomic mass is 35.5. The standard InChI is InChI=1S/C32H30ClN2O2P/c1-3-35(4-2)32(37)29(34-31(36)25-17-9-5-10-18-25)30(33)38(26-19-11-6-12-20-26,27-21-13-7-14-22-27)28-23-15-8-16-24-28/h5-24H,3-4H2,1-2H3/p+1/b30-29+. The van der Waals surface area contributed by atoms with Crippen LogP contribution < -0.4 is 21.2 Å². The molecule has 0 aliphatic heterocycles. The molecule has 0 heterocycles. The Kier molecular flexibility index (Phi) is 9.12. The van der Waals surface area contributed by atoms with Crippen LogP contribution in [0.15, 0.2) is 132 Å². The minimum absolute atomic E-state index is 0.106. The van der Waals surface area contributed by atoms with Crippen molar-refractivity contribution in [2.45, 2.75) is 13.8 Å². The molecule has 0 fully saturated rings. The molecule has 1 N–H and O–H groups in total. The fourth-order valence-corrected chi connectivity index (χ4v) is 9.47. The van der Waals surface area contributed by atoms with Crippen molar-refractivity contribution in [3.63, 3.8) is 0 Å². The van der Waals surface area contributed by atoms with Crippen molar-refractivity contribution < 1.29 is 9.59 Å². The van der Waals surface area contributed by atoms with Crippen LogP contribution in [-0.2, 0) is 4.79 Å². The Bertz CT molecular complexity index is 1290. The summed E-state index contributed by atoms with van der Waals surface area (Å²) in [7, 11) is -2.78. The minimum atomic E-state index is -2.78. The van der Waals surface area contributed by atoms with E-state index in [9.17, 15) is 9.59 Å². The first-order valence-corrected chi connectivity index (χ1v) is 14.8. The molecule has 0 bridgehead atoms. The van der Waals surface area contributed by atoms with Gasteiger partial charge in [-0.3, -0.25) is 9.59 Å². The van der Waals surface area contributed by atoms with Gasteiger partial charge in [-0.25, -0.2) is 0 Å². The van der Waals surface area contributed by atoms with E-state index in [0.29, 0.717) is 23.4 Å². The summed E-state index contributed by atoms with van der Waals surface area (Å²) >= 11 is 7.52. The van der Waals surface area contributed by atoms with Crippen molar-refractivity contribution in [2.75, 3.05) is 13.1 Å². The highest BCUT2D eigenvalue weighted by Crippen LogP contribution is 2.64. The summed E-state index contributed by atoms with van der Waals surface area (Å²) in [6.45, 7) is 4.80. The zero-order valence-corrected chi connectivity index (χ0v) is 23.2. The summed E-state index contributed by atoms with van der Waals surface area (Å²) < 4.78 is 0.335. The third-order valence-corrected chi connectivity index (χ3v) is 11.5. The van der Waals surface area contributed by atoms with Crippen molar-refractivity contribution in [3.8, 4) is 0 Å². The molecule has 38 heavy (non-hydrogen) atoms. The van der Waals surface area contributed by atoms with E-state index in [0.717, 1.165) is 15.9 Å². The van der Waals surface area contributed by atoms with Crippen LogP contribution >= 0.6 is 18.9 Å². The van der Waals surface area contributed by atoms with Crippen molar-refractivity contribution in [2.24, 2.45) is 0 Å². The molecule has 0 saturated heterocycles. The van der Waals surface area contributed by atoms with Gasteiger partial charge in [-0.05, 0) is 74.0 Å². The summed E-state index contributed by atoms with van der Waals surface area (Å²) in [5.74, 6) is -0.692. The lowest BCUT2D eigenvalue weighted by atomic mass is 10.2. The summed E-state index contributed by atoms with van der Waals surface area (Å²) in [5, 5.41) is 5.90. The molecule has 0 atom stereocenters. The van der Waals surface area contributed by atoms with Crippen LogP contribution in [0.5, 0.6) is 0 Å². The van der Waals surface area contributed by atoms with E-state index in [1.807, 2.05) is 74.5 Å². The van der Waals surface area contributed by atoms with Gasteiger partial charge in [-0.15, -0.1) is 0 Å². The number of benzene rings is 4. The molecular formula is C32H31ClN2O2P+. The smallest absolute Gasteiger partial charge is 0.275 e. The van der Waals surface area contributed by atoms with E-state index in [1.54, 1.807) is 29.2 Å². The largest absolute Gasteiger partial charge is 0.338 e. The molecule has 4 nitrogen and oxygen atoms in total. The second-order valence-electron chi connectivity index (χ2n) is 8.64. The molecule has 0 aliphatic rings. The first kappa shape index (κ1) is 27.3. The second-order valence-corrected chi connectivity index (χ2v) is 12.6. The molecule has 4 rings (SSSR count). The maximum Gasteiger partial charge on any atom is 0.275 e. The van der Waals surface area contributed by atoms with Crippen LogP contribution in [-0.4, -0.2) is 29.8 Å². The normalized spacial score (nSPS) is 11.9. The van der Waals surface area contributed by atoms with Gasteiger partial charge in [0.05, 0.1) is 0 Å². The van der Waals surface area contributed by atoms with Gasteiger partial charge in [0, 0.05) is 18.7 Å². The number of hydrogen-bond acceptors (Lipinski definition) is 2. The summed E-state index contributed by atoms with van der Waals surface area (Å²) in [6.07, 6.45) is 0. The van der Waals surface area contributed by atoms with Crippen molar-refractivity contribution in [1.82, 2.24) is 10.2 Å². The molecule has 0 aromatic heterocycles. The zero-order valence-electron chi connectivity index (χ0n) is 21.6. The number of nitrogens with one attached hydrogen (secondary N) is 1. The Hall–Kier alpha value is -3.72. The number of likely N-dealkylation sites (N-methyl/N-ethyl adjacent to an activating group) is 1. The topological polar surface area (TPSA) is 49.4 Å². The molecule has 0 spiro atoms. The maximum atomic E-state index is 14.0. The zero-order chi connectivity index (χ0) is 27.0. The van der Waals surface area contributed by atoms with E-state index < -0.39 is 7.26 Å². The SMILES string of the molecule is CCN(CC)C(=O)/C(NC(=O)c1ccccc1)=C(/Cl)[P+](c1ccccc1)(c1ccccc1)c1ccccc1. The molecular weight excluding hydrogens is 511 g/mol. The molecule has 4 aromatic rings. The van der Waals surface area contributed by atoms with Gasteiger partial charge < -0.3 is 10.2 Å². The quantitative estimate of drug-likeness (QED) is 0.219. The second kappa shape index (κ2) is 12.7. The molecule has 0 radical (unpaired) electrons. The number of amides is 2. The minimum Gasteiger partial charge on any atom is -0.338 e. The molecule has 4 aromatic carbocycles. The van der Waals surface area contributed by atoms with Gasteiger partial charge in [-0.1, -0.05) is 72.8 Å². The van der Waals surface area contributed by atoms with Crippen molar-refractivity contribution in [1.29, 1.82) is 0 Å². The Labute approximate surface area is 230 Å². The average Bonchev–Trinajstić information content (AvgIpc) is 2.99. The van der Waals surface area contributed by atoms with Crippen LogP contribution in [0.2, 0.25) is 0 Å². The molecule has 6 heteroatoms. The van der Waals surface area contributed by atoms with Gasteiger partial charge in [0.15, 0.2) is 13.0 Å². The van der Waals surface area contributed by atoms with Crippen LogP contribution in [0.3, 0.4) is 0 Å². The predicted molar refractivity (Wildman–Crippen MR) is 160 cm³/mol. The first-order valence-electron chi connectivity index (χ1n) is 12.7. The number of rotatable bonds is 9. The Morgan fingerprint density at radius 2 is 1.03 bits per heavy atom. The Morgan fingerprint density at radius 1 is 0.658 bits per heavy atom. The van der Waals surface area contributed by atoms with E-state index in [-0.39, 0.29) is 17.5 Å². The predicted octanol–water partition coefficient (Wildman–Crippen LogP) is 5.69. The number of carbonyl (C=O) groups is 2. The number of halogens is 1. The summed E-state index contributed by atoms with van der Waals surface area (Å²) in [5.41, 5.74) is 0.555. The third kappa shape index (κ3) is 5.43. The molecule has 0 saturated carbocycles. The molecule has 192 valence electrons. The number of nitrogens with zero attached hydrogens (tertiary/aromatic N) is 1. The van der Waals surface area contributed by atoms with Crippen molar-refractivity contribution >= 4 is 46.6 Å². The van der Waals surface area contributed by atoms with E-state index in [4.69, 9.17) is 11.6 Å². The highest BCUT2D eigenvalue weighted by Gasteiger charge is 2.52. The Morgan fingerprint density at radius 3 is 1.39 bits per heavy atom. The van der Waals surface area contributed by atoms with Gasteiger partial charge in [0.1, 0.15) is 15.9 Å². The number of hydrogen-bond donors (Lipinski definition) is 1. The fourth-order valence-electron chi connectivity index (χ4n) is 4.55. The van der Waals surface area contributed by atoms with E-state index in [2.05, 4.69) is 41.7 Å². The maximum absolute atomic E-state index is 14.0. The van der Waals surface area contributed by atoms with Crippen LogP contribution in [0.1, 0.15) is 24.2 Å². The van der Waals surface area contributed by atoms with E-state index >= 15 is 0 Å². The molecule has 0 unspecified atom stereocenters. The van der Waals surface area contributed by atoms with Gasteiger partial charge in [0.25, 0.3) is 11.8 Å². The third-order valence-electron chi connectivity index (χ3n) is 6.47. The van der Waals surface area contributed by atoms with E-state index in [1.165, 1.54) is 0 Å². The lowest BCUT2D eigenvalue weighted by Gasteiger charge is -2.29. The summed E-state index contributed by atoms with van der Waals surface area (Å²) in [6, 6.07) is 38.9. The first-order chi connectivity index (χ1) is 18.5. The van der Waals surface area contributed by atoms with Crippen LogP contribution in [0, 0.1) is 0 Å². The van der Waals surface area contributed by atoms with Crippen LogP contribution in [0.4, 0.5) is 0 Å². The average molecular weight is 542 g/mol. The summed E-state index contributed by atoms with van der Waals surface area (Å²) in [4.78, 5) is 29.2. The highest BCUT2D eigenvalue weighted by molar-refractivity contribution is 8.00. The molecule has 0 aliphatic carbocycles. The molecule has 2 amide bonds. The van der Waals surface area contributed by atoms with Crippen molar-refractivity contribution in [3.05, 3.63) is 137 Å². The van der Waals surface area contributed by atoms with Gasteiger partial charge in [-0.2, -0.15) is 0 Å². The van der Waals surface area contributed by atoms with Gasteiger partial charge in [0.2, 0.25) is 4.77 Å². The lowest BCUT2D eigenvalue weighted by molar-refractivity contribution is -0.127. The monoisotopic (exact) mass is 541 g/mol. The lowest BCUT2D eigenvalue weighted by Crippen LogP contribution is -2.41. The van der Waals surface area contributed by atoms with Gasteiger partial charge >= 0.3 is 0 Å².